The van der Waals surface area contributed by atoms with Gasteiger partial charge in [0.15, 0.2) is 0 Å². The number of sulfonamides is 1. The lowest BCUT2D eigenvalue weighted by atomic mass is 10.2. The van der Waals surface area contributed by atoms with Crippen LogP contribution in [0.1, 0.15) is 12.5 Å². The highest BCUT2D eigenvalue weighted by molar-refractivity contribution is 7.99. The molecule has 0 amide bonds. The molecule has 1 saturated heterocycles. The van der Waals surface area contributed by atoms with Crippen molar-refractivity contribution in [2.45, 2.75) is 23.4 Å². The maximum absolute atomic E-state index is 12.9. The van der Waals surface area contributed by atoms with Gasteiger partial charge in [0.05, 0.1) is 5.03 Å². The van der Waals surface area contributed by atoms with Gasteiger partial charge in [-0.1, -0.05) is 42.5 Å². The zero-order valence-electron chi connectivity index (χ0n) is 15.5. The molecule has 1 aliphatic heterocycles. The third kappa shape index (κ3) is 5.42. The van der Waals surface area contributed by atoms with Gasteiger partial charge < -0.3 is 0 Å². The summed E-state index contributed by atoms with van der Waals surface area (Å²) in [5, 5.41) is 0.810. The van der Waals surface area contributed by atoms with Crippen molar-refractivity contribution in [2.24, 2.45) is 0 Å². The van der Waals surface area contributed by atoms with Gasteiger partial charge in [-0.15, -0.1) is 11.8 Å². The van der Waals surface area contributed by atoms with Crippen molar-refractivity contribution in [3.8, 4) is 0 Å². The lowest BCUT2D eigenvalue weighted by molar-refractivity contribution is 0.181. The van der Waals surface area contributed by atoms with Crippen molar-refractivity contribution < 1.29 is 8.42 Å². The number of benzene rings is 1. The van der Waals surface area contributed by atoms with Crippen molar-refractivity contribution in [3.63, 3.8) is 0 Å². The second-order valence-electron chi connectivity index (χ2n) is 6.74. The average Bonchev–Trinajstić information content (AvgIpc) is 2.68. The fraction of sp³-hybridized carbons (Fsp3) is 0.350. The highest BCUT2D eigenvalue weighted by atomic mass is 32.2. The maximum atomic E-state index is 12.9. The van der Waals surface area contributed by atoms with Gasteiger partial charge in [0.25, 0.3) is 0 Å². The van der Waals surface area contributed by atoms with E-state index in [1.54, 1.807) is 28.2 Å². The van der Waals surface area contributed by atoms with Crippen molar-refractivity contribution in [2.75, 3.05) is 31.9 Å². The Morgan fingerprint density at radius 3 is 2.41 bits per heavy atom. The summed E-state index contributed by atoms with van der Waals surface area (Å²) in [4.78, 5) is 6.84. The molecule has 3 rings (SSSR count). The fourth-order valence-electron chi connectivity index (χ4n) is 2.92. The molecule has 0 N–H and O–H groups in total. The van der Waals surface area contributed by atoms with Crippen LogP contribution in [0.15, 0.2) is 70.7 Å². The standard InChI is InChI=1S/C20H25N3O2S2/c1-17(2)16-26-20-9-8-19(14-21-20)27(24,25)23-12-10-22(11-13-23)15-18-6-4-3-5-7-18/h3-9,14H,1,10-13,15-16H2,2H3. The van der Waals surface area contributed by atoms with Gasteiger partial charge in [-0.2, -0.15) is 4.31 Å². The van der Waals surface area contributed by atoms with Crippen molar-refractivity contribution in [1.82, 2.24) is 14.2 Å². The minimum absolute atomic E-state index is 0.263. The summed E-state index contributed by atoms with van der Waals surface area (Å²) in [5.41, 5.74) is 2.31. The second kappa shape index (κ2) is 9.01. The first kappa shape index (κ1) is 20.1. The van der Waals surface area contributed by atoms with E-state index in [9.17, 15) is 8.42 Å². The van der Waals surface area contributed by atoms with Gasteiger partial charge in [-0.3, -0.25) is 4.90 Å². The lowest BCUT2D eigenvalue weighted by Crippen LogP contribution is -2.48. The molecule has 27 heavy (non-hydrogen) atoms. The van der Waals surface area contributed by atoms with Crippen molar-refractivity contribution in [3.05, 3.63) is 66.4 Å². The number of hydrogen-bond acceptors (Lipinski definition) is 5. The molecule has 1 aliphatic rings. The molecule has 2 aromatic rings. The molecular weight excluding hydrogens is 378 g/mol. The molecule has 0 spiro atoms. The summed E-state index contributed by atoms with van der Waals surface area (Å²) in [7, 11) is -3.49. The molecule has 1 aromatic carbocycles. The number of piperazine rings is 1. The topological polar surface area (TPSA) is 53.5 Å². The van der Waals surface area contributed by atoms with E-state index in [1.165, 1.54) is 11.8 Å². The minimum atomic E-state index is -3.49. The average molecular weight is 404 g/mol. The fourth-order valence-corrected chi connectivity index (χ4v) is 4.97. The normalized spacial score (nSPS) is 16.3. The first-order valence-corrected chi connectivity index (χ1v) is 11.4. The first-order valence-electron chi connectivity index (χ1n) is 8.95. The zero-order valence-corrected chi connectivity index (χ0v) is 17.2. The molecule has 7 heteroatoms. The van der Waals surface area contributed by atoms with Gasteiger partial charge in [0.2, 0.25) is 10.0 Å². The van der Waals surface area contributed by atoms with E-state index >= 15 is 0 Å². The van der Waals surface area contributed by atoms with Gasteiger partial charge in [-0.05, 0) is 24.6 Å². The van der Waals surface area contributed by atoms with E-state index < -0.39 is 10.0 Å². The van der Waals surface area contributed by atoms with Gasteiger partial charge in [0, 0.05) is 44.7 Å². The van der Waals surface area contributed by atoms with Crippen molar-refractivity contribution >= 4 is 21.8 Å². The van der Waals surface area contributed by atoms with Crippen LogP contribution in [0.5, 0.6) is 0 Å². The molecule has 5 nitrogen and oxygen atoms in total. The molecular formula is C20H25N3O2S2. The summed E-state index contributed by atoms with van der Waals surface area (Å²) in [6, 6.07) is 13.7. The third-order valence-electron chi connectivity index (χ3n) is 4.39. The minimum Gasteiger partial charge on any atom is -0.296 e. The van der Waals surface area contributed by atoms with Crippen LogP contribution in [0.25, 0.3) is 0 Å². The molecule has 0 aliphatic carbocycles. The molecule has 0 bridgehead atoms. The largest absolute Gasteiger partial charge is 0.296 e. The summed E-state index contributed by atoms with van der Waals surface area (Å²) in [6.07, 6.45) is 1.46. The van der Waals surface area contributed by atoms with Crippen LogP contribution in [0, 0.1) is 0 Å². The Bertz CT molecular complexity index is 860. The van der Waals surface area contributed by atoms with Crippen LogP contribution in [0.2, 0.25) is 0 Å². The Kier molecular flexibility index (Phi) is 6.70. The Morgan fingerprint density at radius 2 is 1.81 bits per heavy atom. The summed E-state index contributed by atoms with van der Waals surface area (Å²) in [6.45, 7) is 9.14. The third-order valence-corrected chi connectivity index (χ3v) is 7.45. The van der Waals surface area contributed by atoms with Crippen LogP contribution in [0.3, 0.4) is 0 Å². The van der Waals surface area contributed by atoms with Crippen LogP contribution in [-0.2, 0) is 16.6 Å². The summed E-state index contributed by atoms with van der Waals surface area (Å²) < 4.78 is 27.3. The van der Waals surface area contributed by atoms with Crippen LogP contribution >= 0.6 is 11.8 Å². The van der Waals surface area contributed by atoms with E-state index in [0.29, 0.717) is 13.1 Å². The van der Waals surface area contributed by atoms with E-state index in [0.717, 1.165) is 36.0 Å². The molecule has 1 aromatic heterocycles. The van der Waals surface area contributed by atoms with Gasteiger partial charge in [0.1, 0.15) is 4.90 Å². The van der Waals surface area contributed by atoms with Crippen molar-refractivity contribution in [1.29, 1.82) is 0 Å². The quantitative estimate of drug-likeness (QED) is 0.525. The highest BCUT2D eigenvalue weighted by Crippen LogP contribution is 2.22. The van der Waals surface area contributed by atoms with Gasteiger partial charge >= 0.3 is 0 Å². The number of rotatable bonds is 7. The van der Waals surface area contributed by atoms with E-state index in [4.69, 9.17) is 0 Å². The first-order chi connectivity index (χ1) is 12.9. The second-order valence-corrected chi connectivity index (χ2v) is 9.68. The molecule has 0 radical (unpaired) electrons. The Hall–Kier alpha value is -1.67. The highest BCUT2D eigenvalue weighted by Gasteiger charge is 2.28. The number of thioether (sulfide) groups is 1. The summed E-state index contributed by atoms with van der Waals surface area (Å²) >= 11 is 1.56. The molecule has 144 valence electrons. The molecule has 1 fully saturated rings. The number of hydrogen-bond donors (Lipinski definition) is 0. The molecule has 0 saturated carbocycles. The number of nitrogens with zero attached hydrogens (tertiary/aromatic N) is 3. The smallest absolute Gasteiger partial charge is 0.244 e. The van der Waals surface area contributed by atoms with Gasteiger partial charge in [-0.25, -0.2) is 13.4 Å². The molecule has 2 heterocycles. The maximum Gasteiger partial charge on any atom is 0.244 e. The lowest BCUT2D eigenvalue weighted by Gasteiger charge is -2.33. The predicted molar refractivity (Wildman–Crippen MR) is 110 cm³/mol. The van der Waals surface area contributed by atoms with E-state index in [2.05, 4.69) is 28.6 Å². The molecule has 0 atom stereocenters. The Balaban J connectivity index is 1.58. The zero-order chi connectivity index (χ0) is 19.3. The molecule has 0 unspecified atom stereocenters. The van der Waals surface area contributed by atoms with Crippen LogP contribution in [0.4, 0.5) is 0 Å². The van der Waals surface area contributed by atoms with Crippen LogP contribution < -0.4 is 0 Å². The Labute approximate surface area is 166 Å². The SMILES string of the molecule is C=C(C)CSc1ccc(S(=O)(=O)N2CCN(Cc3ccccc3)CC2)cn1. The predicted octanol–water partition coefficient (Wildman–Crippen LogP) is 3.26. The monoisotopic (exact) mass is 403 g/mol. The number of aromatic nitrogens is 1. The van der Waals surface area contributed by atoms with E-state index in [1.807, 2.05) is 25.1 Å². The summed E-state index contributed by atoms with van der Waals surface area (Å²) in [5.74, 6) is 0.780. The number of pyridine rings is 1. The van der Waals surface area contributed by atoms with E-state index in [-0.39, 0.29) is 4.90 Å². The van der Waals surface area contributed by atoms with Crippen LogP contribution in [-0.4, -0.2) is 54.5 Å². The Morgan fingerprint density at radius 1 is 1.11 bits per heavy atom.